The molecule has 0 aliphatic heterocycles. The Labute approximate surface area is 447 Å². The molecule has 422 valence electrons. The Morgan fingerprint density at radius 1 is 0.257 bits per heavy atom. The smallest absolute Gasteiger partial charge is 0.550 e. The van der Waals surface area contributed by atoms with Crippen LogP contribution in [0.1, 0.15) is 123 Å². The van der Waals surface area contributed by atoms with Crippen LogP contribution in [0.5, 0.6) is 0 Å². The van der Waals surface area contributed by atoms with Crippen molar-refractivity contribution in [2.45, 2.75) is 141 Å². The molecule has 0 rings (SSSR count). The number of carboxylic acid groups (broad SMARTS) is 12. The summed E-state index contributed by atoms with van der Waals surface area (Å²) in [4.78, 5) is 107. The van der Waals surface area contributed by atoms with E-state index in [-0.39, 0.29) is 68.3 Å². The van der Waals surface area contributed by atoms with Gasteiger partial charge >= 0.3 is 68.3 Å². The second kappa shape index (κ2) is 94.2. The van der Waals surface area contributed by atoms with Crippen molar-refractivity contribution in [3.63, 3.8) is 0 Å². The first-order valence-corrected chi connectivity index (χ1v) is 16.5. The van der Waals surface area contributed by atoms with Crippen molar-refractivity contribution in [3.05, 3.63) is 0 Å². The van der Waals surface area contributed by atoms with E-state index in [1.54, 1.807) is 20.8 Å². The monoisotopic (exact) mass is 1200 g/mol. The Hall–Kier alpha value is -4.64. The molecule has 0 aromatic carbocycles. The second-order valence-corrected chi connectivity index (χ2v) is 9.93. The van der Waals surface area contributed by atoms with Gasteiger partial charge in [0.25, 0.3) is 0 Å². The summed E-state index contributed by atoms with van der Waals surface area (Å²) in [5.41, 5.74) is 29.2. The summed E-state index contributed by atoms with van der Waals surface area (Å²) in [6.45, 7) is 16.8. The minimum Gasteiger partial charge on any atom is -0.550 e. The predicted octanol–water partition coefficient (Wildman–Crippen LogP) is -18.1. The maximum atomic E-state index is 8.89. The van der Waals surface area contributed by atoms with E-state index in [1.807, 2.05) is 0 Å². The van der Waals surface area contributed by atoms with Crippen LogP contribution in [-0.4, -0.2) is 104 Å². The zero-order valence-electron chi connectivity index (χ0n) is 40.6. The van der Waals surface area contributed by atoms with Crippen LogP contribution in [0, 0.1) is 0 Å². The van der Waals surface area contributed by atoms with Crippen molar-refractivity contribution in [1.82, 2.24) is 0 Å². The number of rotatable bonds is 3. The molecule has 0 unspecified atom stereocenters. The average Bonchev–Trinajstić information content (AvgIpc) is 2.93. The van der Waals surface area contributed by atoms with Crippen molar-refractivity contribution in [2.24, 2.45) is 34.4 Å². The number of aliphatic hydroxyl groups is 3. The van der Waals surface area contributed by atoms with Crippen LogP contribution < -0.4 is 95.7 Å². The van der Waals surface area contributed by atoms with Gasteiger partial charge < -0.3 is 134 Å². The van der Waals surface area contributed by atoms with Crippen LogP contribution in [0.2, 0.25) is 0 Å². The van der Waals surface area contributed by atoms with E-state index < -0.39 is 89.2 Å². The molecule has 37 heteroatoms. The fourth-order valence-corrected chi connectivity index (χ4v) is 0. The van der Waals surface area contributed by atoms with Gasteiger partial charge in [-0.25, -0.2) is 0 Å². The Morgan fingerprint density at radius 3 is 0.271 bits per heavy atom. The SMILES string of the molecule is CC(=O)[O-].CC(=O)[O-].CC(=O)[O-].CC(=O)[O-].CC(=O)[O-].CC(=O)[O-].CC(=O)[O-].CC(=O)[O-].CC(=O)[O-].CC(=O)[O-].CC(=O)[O-].CC(=O)[O-].CCC(N)(N)O.CCC(N)(N)O.CCC(N)(N)O.[Fe+3].[Fe+3].[Fe+3].[Fe+3]. The molecule has 70 heavy (non-hydrogen) atoms. The van der Waals surface area contributed by atoms with Gasteiger partial charge in [-0.3, -0.25) is 34.4 Å². The zero-order valence-corrected chi connectivity index (χ0v) is 45.1. The summed E-state index contributed by atoms with van der Waals surface area (Å²) in [7, 11) is 0. The third kappa shape index (κ3) is 13000. The zero-order chi connectivity index (χ0) is 58.5. The molecule has 0 spiro atoms. The molecule has 15 N–H and O–H groups in total. The van der Waals surface area contributed by atoms with E-state index >= 15 is 0 Å². The van der Waals surface area contributed by atoms with Gasteiger partial charge in [0.1, 0.15) is 0 Å². The number of aliphatic carboxylic acids is 12. The molecule has 0 aliphatic carbocycles. The van der Waals surface area contributed by atoms with Gasteiger partial charge in [-0.2, -0.15) is 0 Å². The van der Waals surface area contributed by atoms with Crippen LogP contribution in [0.4, 0.5) is 0 Å². The number of carbonyl (C=O) groups excluding carboxylic acids is 12. The van der Waals surface area contributed by atoms with Crippen LogP contribution >= 0.6 is 0 Å². The molecule has 0 heterocycles. The van der Waals surface area contributed by atoms with E-state index in [0.717, 1.165) is 83.1 Å². The predicted molar refractivity (Wildman–Crippen MR) is 199 cm³/mol. The molecular formula is C33H66Fe4N6O27. The Morgan fingerprint density at radius 2 is 0.271 bits per heavy atom. The molecule has 0 fully saturated rings. The maximum Gasteiger partial charge on any atom is 3.00 e. The normalized spacial score (nSPS) is 7.37. The molecule has 0 aliphatic rings. The van der Waals surface area contributed by atoms with Crippen molar-refractivity contribution >= 4 is 71.6 Å². The number of hydrogen-bond acceptors (Lipinski definition) is 33. The van der Waals surface area contributed by atoms with E-state index in [1.165, 1.54) is 0 Å². The summed E-state index contributed by atoms with van der Waals surface area (Å²) in [6, 6.07) is 0. The van der Waals surface area contributed by atoms with E-state index in [2.05, 4.69) is 0 Å². The van der Waals surface area contributed by atoms with Crippen LogP contribution in [0.3, 0.4) is 0 Å². The maximum absolute atomic E-state index is 8.89. The van der Waals surface area contributed by atoms with Gasteiger partial charge in [0, 0.05) is 90.9 Å². The van der Waals surface area contributed by atoms with Crippen molar-refractivity contribution in [2.75, 3.05) is 0 Å². The van der Waals surface area contributed by atoms with Gasteiger partial charge in [0.15, 0.2) is 17.5 Å². The van der Waals surface area contributed by atoms with E-state index in [4.69, 9.17) is 169 Å². The standard InChI is InChI=1S/3C3H10N2O.12C2H4O2.4Fe/c3*1-2-3(4,5)6;12*1-2(3)4;;;;/h3*6H,2,4-5H2,1H3;12*1H3,(H,3,4);;;;/q;;;;;;;;;;;;;;;4*+3/p-12. The molecule has 0 aromatic heterocycles. The van der Waals surface area contributed by atoms with Gasteiger partial charge in [0.2, 0.25) is 0 Å². The molecule has 0 bridgehead atoms. The van der Waals surface area contributed by atoms with Crippen LogP contribution in [-0.2, 0) is 126 Å². The van der Waals surface area contributed by atoms with E-state index in [0.29, 0.717) is 19.3 Å². The summed E-state index contributed by atoms with van der Waals surface area (Å²) in [5, 5.41) is 132. The Kier molecular flexibility index (Phi) is 170. The largest absolute Gasteiger partial charge is 3.00 e. The van der Waals surface area contributed by atoms with Gasteiger partial charge in [-0.1, -0.05) is 20.8 Å². The molecule has 0 saturated carbocycles. The van der Waals surface area contributed by atoms with Gasteiger partial charge in [0.05, 0.1) is 0 Å². The summed E-state index contributed by atoms with van der Waals surface area (Å²) >= 11 is 0. The second-order valence-electron chi connectivity index (χ2n) is 9.93. The Balaban J connectivity index is -0.0000000234. The molecule has 0 atom stereocenters. The minimum absolute atomic E-state index is 0. The van der Waals surface area contributed by atoms with Crippen molar-refractivity contribution in [3.8, 4) is 0 Å². The first kappa shape index (κ1) is 126. The summed E-state index contributed by atoms with van der Waals surface area (Å²) in [6.07, 6.45) is 1.15. The first-order valence-electron chi connectivity index (χ1n) is 16.5. The number of carboxylic acids is 12. The van der Waals surface area contributed by atoms with E-state index in [9.17, 15) is 0 Å². The van der Waals surface area contributed by atoms with Crippen LogP contribution in [0.25, 0.3) is 0 Å². The van der Waals surface area contributed by atoms with Gasteiger partial charge in [-0.15, -0.1) is 0 Å². The number of nitrogens with two attached hydrogens (primary N) is 6. The number of hydrogen-bond donors (Lipinski definition) is 9. The molecule has 0 saturated heterocycles. The topological polar surface area (TPSA) is 698 Å². The third-order valence-electron chi connectivity index (χ3n) is 1.70. The minimum atomic E-state index is -1.46. The fourth-order valence-electron chi connectivity index (χ4n) is 0. The van der Waals surface area contributed by atoms with Crippen molar-refractivity contribution < 1.29 is 202 Å². The third-order valence-corrected chi connectivity index (χ3v) is 1.70. The molecule has 4 radical (unpaired) electrons. The molecular weight excluding hydrogens is 1140 g/mol. The fraction of sp³-hybridized carbons (Fsp3) is 0.636. The van der Waals surface area contributed by atoms with Crippen LogP contribution in [0.15, 0.2) is 0 Å². The summed E-state index contributed by atoms with van der Waals surface area (Å²) < 4.78 is 0. The molecule has 0 aromatic rings. The Bertz CT molecular complexity index is 911. The summed E-state index contributed by atoms with van der Waals surface area (Å²) in [5.74, 6) is -17.4. The molecule has 33 nitrogen and oxygen atoms in total. The number of carbonyl (C=O) groups is 12. The quantitative estimate of drug-likeness (QED) is 0.0936. The first-order chi connectivity index (χ1) is 28.5. The van der Waals surface area contributed by atoms with Gasteiger partial charge in [-0.05, 0) is 83.1 Å². The average molecular weight is 1200 g/mol. The molecule has 0 amide bonds. The van der Waals surface area contributed by atoms with Crippen molar-refractivity contribution in [1.29, 1.82) is 0 Å².